The number of piperidine rings is 1. The molecule has 114 valence electrons. The maximum atomic E-state index is 13.6. The molecule has 0 aliphatic carbocycles. The van der Waals surface area contributed by atoms with Crippen LogP contribution >= 0.6 is 0 Å². The SMILES string of the molecule is O[C@H]1CCNC[C@@H]1n1c2ccc(F)cc2c2cc(F)ccc21. The number of aliphatic hydroxyl groups is 1. The van der Waals surface area contributed by atoms with E-state index < -0.39 is 6.10 Å². The van der Waals surface area contributed by atoms with Crippen LogP contribution in [-0.4, -0.2) is 28.9 Å². The molecule has 3 aromatic rings. The van der Waals surface area contributed by atoms with E-state index in [9.17, 15) is 13.9 Å². The van der Waals surface area contributed by atoms with E-state index in [-0.39, 0.29) is 17.7 Å². The molecule has 2 aromatic carbocycles. The summed E-state index contributed by atoms with van der Waals surface area (Å²) in [6.07, 6.45) is 0.184. The predicted octanol–water partition coefficient (Wildman–Crippen LogP) is 2.97. The molecular weight excluding hydrogens is 286 g/mol. The molecule has 0 radical (unpaired) electrons. The number of halogens is 2. The lowest BCUT2D eigenvalue weighted by molar-refractivity contribution is 0.0881. The highest BCUT2D eigenvalue weighted by atomic mass is 19.1. The van der Waals surface area contributed by atoms with Gasteiger partial charge >= 0.3 is 0 Å². The number of hydrogen-bond donors (Lipinski definition) is 2. The fourth-order valence-corrected chi connectivity index (χ4v) is 3.45. The molecule has 2 N–H and O–H groups in total. The van der Waals surface area contributed by atoms with Crippen molar-refractivity contribution in [3.05, 3.63) is 48.0 Å². The van der Waals surface area contributed by atoms with E-state index in [1.54, 1.807) is 12.1 Å². The number of benzene rings is 2. The number of nitrogens with one attached hydrogen (secondary N) is 1. The Bertz CT molecular complexity index is 799. The van der Waals surface area contributed by atoms with Gasteiger partial charge in [0.2, 0.25) is 0 Å². The summed E-state index contributed by atoms with van der Waals surface area (Å²) in [6, 6.07) is 8.90. The van der Waals surface area contributed by atoms with E-state index in [4.69, 9.17) is 0 Å². The van der Waals surface area contributed by atoms with E-state index in [2.05, 4.69) is 5.32 Å². The number of aliphatic hydroxyl groups excluding tert-OH is 1. The molecular formula is C17H16F2N2O. The molecule has 2 heterocycles. The number of fused-ring (bicyclic) bond motifs is 3. The Hall–Kier alpha value is -1.98. The second-order valence-corrected chi connectivity index (χ2v) is 5.82. The third-order valence-corrected chi connectivity index (χ3v) is 4.47. The number of aromatic nitrogens is 1. The van der Waals surface area contributed by atoms with Crippen LogP contribution in [0.15, 0.2) is 36.4 Å². The molecule has 1 fully saturated rings. The zero-order chi connectivity index (χ0) is 15.3. The van der Waals surface area contributed by atoms with E-state index >= 15 is 0 Å². The highest BCUT2D eigenvalue weighted by molar-refractivity contribution is 6.08. The molecule has 22 heavy (non-hydrogen) atoms. The topological polar surface area (TPSA) is 37.2 Å². The van der Waals surface area contributed by atoms with Crippen molar-refractivity contribution >= 4 is 21.8 Å². The third kappa shape index (κ3) is 2.01. The first-order valence-corrected chi connectivity index (χ1v) is 7.42. The van der Waals surface area contributed by atoms with Crippen molar-refractivity contribution in [1.29, 1.82) is 0 Å². The van der Waals surface area contributed by atoms with Gasteiger partial charge in [0.25, 0.3) is 0 Å². The van der Waals surface area contributed by atoms with E-state index in [0.29, 0.717) is 23.7 Å². The summed E-state index contributed by atoms with van der Waals surface area (Å²) < 4.78 is 29.3. The summed E-state index contributed by atoms with van der Waals surface area (Å²) in [7, 11) is 0. The summed E-state index contributed by atoms with van der Waals surface area (Å²) in [4.78, 5) is 0. The van der Waals surface area contributed by atoms with Gasteiger partial charge < -0.3 is 15.0 Å². The van der Waals surface area contributed by atoms with Gasteiger partial charge in [0.05, 0.1) is 12.1 Å². The molecule has 1 aliphatic rings. The molecule has 4 rings (SSSR count). The summed E-state index contributed by atoms with van der Waals surface area (Å²) in [5, 5.41) is 15.0. The zero-order valence-electron chi connectivity index (χ0n) is 11.9. The maximum absolute atomic E-state index is 13.6. The fourth-order valence-electron chi connectivity index (χ4n) is 3.45. The summed E-state index contributed by atoms with van der Waals surface area (Å²) in [5.41, 5.74) is 1.63. The molecule has 0 unspecified atom stereocenters. The van der Waals surface area contributed by atoms with Gasteiger partial charge in [-0.15, -0.1) is 0 Å². The van der Waals surface area contributed by atoms with Gasteiger partial charge in [0.15, 0.2) is 0 Å². The van der Waals surface area contributed by atoms with Crippen LogP contribution in [0.4, 0.5) is 8.78 Å². The first kappa shape index (κ1) is 13.7. The zero-order valence-corrected chi connectivity index (χ0v) is 11.9. The number of rotatable bonds is 1. The lowest BCUT2D eigenvalue weighted by Crippen LogP contribution is -2.41. The van der Waals surface area contributed by atoms with Crippen LogP contribution in [0.5, 0.6) is 0 Å². The lowest BCUT2D eigenvalue weighted by atomic mass is 10.0. The lowest BCUT2D eigenvalue weighted by Gasteiger charge is -2.31. The molecule has 5 heteroatoms. The maximum Gasteiger partial charge on any atom is 0.123 e. The first-order valence-electron chi connectivity index (χ1n) is 7.42. The minimum Gasteiger partial charge on any atom is -0.391 e. The average molecular weight is 302 g/mol. The predicted molar refractivity (Wildman–Crippen MR) is 81.9 cm³/mol. The van der Waals surface area contributed by atoms with E-state index in [1.807, 2.05) is 4.57 Å². The monoisotopic (exact) mass is 302 g/mol. The highest BCUT2D eigenvalue weighted by Crippen LogP contribution is 2.34. The van der Waals surface area contributed by atoms with Crippen LogP contribution in [0, 0.1) is 11.6 Å². The second-order valence-electron chi connectivity index (χ2n) is 5.82. The number of nitrogens with zero attached hydrogens (tertiary/aromatic N) is 1. The highest BCUT2D eigenvalue weighted by Gasteiger charge is 2.27. The standard InChI is InChI=1S/C17H16F2N2O/c18-10-1-3-14-12(7-10)13-8-11(19)2-4-15(13)21(14)16-9-20-6-5-17(16)22/h1-4,7-8,16-17,20,22H,5-6,9H2/t16-,17-/m0/s1. The van der Waals surface area contributed by atoms with E-state index in [1.165, 1.54) is 24.3 Å². The Morgan fingerprint density at radius 1 is 1.00 bits per heavy atom. The molecule has 2 atom stereocenters. The van der Waals surface area contributed by atoms with Crippen molar-refractivity contribution < 1.29 is 13.9 Å². The smallest absolute Gasteiger partial charge is 0.123 e. The van der Waals surface area contributed by atoms with Crippen molar-refractivity contribution in [3.63, 3.8) is 0 Å². The summed E-state index contributed by atoms with van der Waals surface area (Å²) in [6.45, 7) is 1.41. The van der Waals surface area contributed by atoms with Crippen LogP contribution in [0.3, 0.4) is 0 Å². The summed E-state index contributed by atoms with van der Waals surface area (Å²) >= 11 is 0. The van der Waals surface area contributed by atoms with Crippen LogP contribution < -0.4 is 5.32 Å². The molecule has 1 aliphatic heterocycles. The van der Waals surface area contributed by atoms with Crippen molar-refractivity contribution in [2.75, 3.05) is 13.1 Å². The van der Waals surface area contributed by atoms with Gasteiger partial charge in [0, 0.05) is 28.4 Å². The van der Waals surface area contributed by atoms with Crippen molar-refractivity contribution in [2.24, 2.45) is 0 Å². The minimum absolute atomic E-state index is 0.148. The Labute approximate surface area is 126 Å². The molecule has 0 amide bonds. The largest absolute Gasteiger partial charge is 0.391 e. The molecule has 1 saturated heterocycles. The Balaban J connectivity index is 2.06. The van der Waals surface area contributed by atoms with Crippen molar-refractivity contribution in [3.8, 4) is 0 Å². The Morgan fingerprint density at radius 3 is 2.14 bits per heavy atom. The first-order chi connectivity index (χ1) is 10.6. The third-order valence-electron chi connectivity index (χ3n) is 4.47. The minimum atomic E-state index is -0.477. The molecule has 0 spiro atoms. The Morgan fingerprint density at radius 2 is 1.59 bits per heavy atom. The van der Waals surface area contributed by atoms with Crippen molar-refractivity contribution in [2.45, 2.75) is 18.6 Å². The Kier molecular flexibility index (Phi) is 3.13. The van der Waals surface area contributed by atoms with Crippen LogP contribution in [0.2, 0.25) is 0 Å². The van der Waals surface area contributed by atoms with Gasteiger partial charge in [-0.1, -0.05) is 0 Å². The van der Waals surface area contributed by atoms with Gasteiger partial charge in [-0.05, 0) is 49.4 Å². The fraction of sp³-hybridized carbons (Fsp3) is 0.294. The van der Waals surface area contributed by atoms with Crippen LogP contribution in [0.1, 0.15) is 12.5 Å². The quantitative estimate of drug-likeness (QED) is 0.725. The van der Waals surface area contributed by atoms with Gasteiger partial charge in [-0.25, -0.2) is 8.78 Å². The van der Waals surface area contributed by atoms with Crippen LogP contribution in [-0.2, 0) is 0 Å². The van der Waals surface area contributed by atoms with E-state index in [0.717, 1.165) is 17.6 Å². The molecule has 3 nitrogen and oxygen atoms in total. The van der Waals surface area contributed by atoms with Crippen LogP contribution in [0.25, 0.3) is 21.8 Å². The van der Waals surface area contributed by atoms with Crippen molar-refractivity contribution in [1.82, 2.24) is 9.88 Å². The number of hydrogen-bond acceptors (Lipinski definition) is 2. The molecule has 0 saturated carbocycles. The summed E-state index contributed by atoms with van der Waals surface area (Å²) in [5.74, 6) is -0.698. The molecule has 0 bridgehead atoms. The second kappa shape index (κ2) is 5.04. The average Bonchev–Trinajstić information content (AvgIpc) is 2.81. The van der Waals surface area contributed by atoms with Gasteiger partial charge in [-0.2, -0.15) is 0 Å². The van der Waals surface area contributed by atoms with Gasteiger partial charge in [-0.3, -0.25) is 0 Å². The molecule has 1 aromatic heterocycles. The normalized spacial score (nSPS) is 22.5. The van der Waals surface area contributed by atoms with Gasteiger partial charge in [0.1, 0.15) is 11.6 Å².